The summed E-state index contributed by atoms with van der Waals surface area (Å²) in [6.45, 7) is 3.05. The summed E-state index contributed by atoms with van der Waals surface area (Å²) < 4.78 is 24.4. The van der Waals surface area contributed by atoms with E-state index >= 15 is 0 Å². The quantitative estimate of drug-likeness (QED) is 0.780. The van der Waals surface area contributed by atoms with Crippen molar-refractivity contribution in [2.75, 3.05) is 25.9 Å². The fourth-order valence-corrected chi connectivity index (χ4v) is 4.47. The molecule has 2 aliphatic rings. The number of aliphatic hydroxyl groups is 1. The number of aliphatic hydroxyl groups excluding tert-OH is 1. The topological polar surface area (TPSA) is 60.9 Å². The third-order valence-electron chi connectivity index (χ3n) is 4.50. The van der Waals surface area contributed by atoms with Crippen LogP contribution in [0, 0.1) is 0 Å². The lowest BCUT2D eigenvalue weighted by atomic mass is 10.0. The van der Waals surface area contributed by atoms with E-state index in [1.807, 2.05) is 0 Å². The van der Waals surface area contributed by atoms with Crippen LogP contribution in [0.3, 0.4) is 0 Å². The molecule has 6 heteroatoms. The third kappa shape index (κ3) is 3.68. The molecule has 0 spiro atoms. The molecule has 1 N–H and O–H groups in total. The van der Waals surface area contributed by atoms with Crippen molar-refractivity contribution in [2.45, 2.75) is 57.2 Å². The molecule has 2 aliphatic heterocycles. The number of rotatable bonds is 6. The summed E-state index contributed by atoms with van der Waals surface area (Å²) in [5.74, 6) is 0. The van der Waals surface area contributed by atoms with E-state index in [4.69, 9.17) is 0 Å². The largest absolute Gasteiger partial charge is 0.390 e. The van der Waals surface area contributed by atoms with Gasteiger partial charge >= 0.3 is 0 Å². The van der Waals surface area contributed by atoms with Crippen LogP contribution in [-0.2, 0) is 10.0 Å². The second-order valence-corrected chi connectivity index (χ2v) is 7.86. The second kappa shape index (κ2) is 6.08. The van der Waals surface area contributed by atoms with E-state index in [1.54, 1.807) is 6.92 Å². The first-order valence-electron chi connectivity index (χ1n) is 7.30. The van der Waals surface area contributed by atoms with Crippen molar-refractivity contribution in [2.24, 2.45) is 0 Å². The maximum absolute atomic E-state index is 11.5. The van der Waals surface area contributed by atoms with Gasteiger partial charge in [0.2, 0.25) is 10.0 Å². The van der Waals surface area contributed by atoms with Gasteiger partial charge in [-0.25, -0.2) is 8.42 Å². The van der Waals surface area contributed by atoms with Crippen LogP contribution in [0.2, 0.25) is 0 Å². The molecule has 3 atom stereocenters. The molecule has 2 fully saturated rings. The Labute approximate surface area is 116 Å². The summed E-state index contributed by atoms with van der Waals surface area (Å²) in [6.07, 6.45) is 6.85. The van der Waals surface area contributed by atoms with Gasteiger partial charge in [-0.05, 0) is 25.7 Å². The maximum Gasteiger partial charge on any atom is 0.211 e. The van der Waals surface area contributed by atoms with Crippen LogP contribution in [0.1, 0.15) is 39.0 Å². The Hall–Kier alpha value is -0.170. The van der Waals surface area contributed by atoms with Crippen LogP contribution in [0.15, 0.2) is 0 Å². The number of hydrogen-bond donors (Lipinski definition) is 1. The average molecular weight is 290 g/mol. The van der Waals surface area contributed by atoms with Crippen LogP contribution < -0.4 is 0 Å². The molecular weight excluding hydrogens is 264 g/mol. The highest BCUT2D eigenvalue weighted by Crippen LogP contribution is 2.35. The van der Waals surface area contributed by atoms with E-state index in [1.165, 1.54) is 42.7 Å². The Balaban J connectivity index is 1.89. The molecule has 19 heavy (non-hydrogen) atoms. The Morgan fingerprint density at radius 2 is 1.84 bits per heavy atom. The van der Waals surface area contributed by atoms with Crippen molar-refractivity contribution in [3.05, 3.63) is 0 Å². The predicted octanol–water partition coefficient (Wildman–Crippen LogP) is 0.646. The fourth-order valence-electron chi connectivity index (χ4n) is 3.56. The molecule has 0 aromatic heterocycles. The Morgan fingerprint density at radius 3 is 2.32 bits per heavy atom. The van der Waals surface area contributed by atoms with Crippen LogP contribution in [-0.4, -0.2) is 66.8 Å². The van der Waals surface area contributed by atoms with Crippen molar-refractivity contribution in [3.63, 3.8) is 0 Å². The van der Waals surface area contributed by atoms with E-state index in [-0.39, 0.29) is 6.54 Å². The molecule has 2 bridgehead atoms. The third-order valence-corrected chi connectivity index (χ3v) is 5.85. The molecule has 0 aliphatic carbocycles. The number of likely N-dealkylation sites (N-methyl/N-ethyl adjacent to an activating group) is 1. The second-order valence-electron chi connectivity index (χ2n) is 5.88. The molecule has 0 saturated carbocycles. The first kappa shape index (κ1) is 15.2. The molecule has 2 saturated heterocycles. The van der Waals surface area contributed by atoms with Gasteiger partial charge in [0.15, 0.2) is 0 Å². The van der Waals surface area contributed by atoms with E-state index < -0.39 is 16.1 Å². The molecule has 2 heterocycles. The average Bonchev–Trinajstić information content (AvgIpc) is 2.57. The van der Waals surface area contributed by atoms with Gasteiger partial charge in [0.05, 0.1) is 12.4 Å². The van der Waals surface area contributed by atoms with Gasteiger partial charge in [0.1, 0.15) is 0 Å². The zero-order valence-electron chi connectivity index (χ0n) is 12.0. The van der Waals surface area contributed by atoms with Crippen LogP contribution in [0.4, 0.5) is 0 Å². The van der Waals surface area contributed by atoms with Gasteiger partial charge < -0.3 is 5.11 Å². The minimum absolute atomic E-state index is 0.214. The minimum Gasteiger partial charge on any atom is -0.390 e. The normalized spacial score (nSPS) is 29.9. The van der Waals surface area contributed by atoms with Crippen molar-refractivity contribution in [1.82, 2.24) is 9.21 Å². The molecule has 5 nitrogen and oxygen atoms in total. The van der Waals surface area contributed by atoms with Gasteiger partial charge in [0.25, 0.3) is 0 Å². The van der Waals surface area contributed by atoms with Crippen molar-refractivity contribution in [3.8, 4) is 0 Å². The molecule has 0 aromatic rings. The summed E-state index contributed by atoms with van der Waals surface area (Å²) in [6, 6.07) is 1.23. The molecule has 0 amide bonds. The van der Waals surface area contributed by atoms with Crippen molar-refractivity contribution >= 4 is 10.0 Å². The van der Waals surface area contributed by atoms with Crippen LogP contribution in [0.25, 0.3) is 0 Å². The lowest BCUT2D eigenvalue weighted by Crippen LogP contribution is -2.47. The fraction of sp³-hybridized carbons (Fsp3) is 1.00. The highest BCUT2D eigenvalue weighted by atomic mass is 32.2. The molecule has 1 unspecified atom stereocenters. The molecule has 0 radical (unpaired) electrons. The Kier molecular flexibility index (Phi) is 4.87. The maximum atomic E-state index is 11.5. The molecule has 112 valence electrons. The number of hydrogen-bond acceptors (Lipinski definition) is 4. The monoisotopic (exact) mass is 290 g/mol. The van der Waals surface area contributed by atoms with E-state index in [0.29, 0.717) is 25.2 Å². The van der Waals surface area contributed by atoms with E-state index in [9.17, 15) is 13.5 Å². The number of fused-ring (bicyclic) bond motifs is 2. The molecule has 0 aromatic carbocycles. The highest BCUT2D eigenvalue weighted by Gasteiger charge is 2.37. The molecular formula is C13H26N2O3S. The highest BCUT2D eigenvalue weighted by molar-refractivity contribution is 7.88. The van der Waals surface area contributed by atoms with Crippen LogP contribution >= 0.6 is 0 Å². The predicted molar refractivity (Wildman–Crippen MR) is 75.5 cm³/mol. The summed E-state index contributed by atoms with van der Waals surface area (Å²) in [5.41, 5.74) is 0. The number of nitrogens with zero attached hydrogens (tertiary/aromatic N) is 2. The summed E-state index contributed by atoms with van der Waals surface area (Å²) in [4.78, 5) is 2.41. The zero-order chi connectivity index (χ0) is 14.0. The Bertz CT molecular complexity index is 383. The first-order valence-corrected chi connectivity index (χ1v) is 9.15. The van der Waals surface area contributed by atoms with Gasteiger partial charge in [-0.2, -0.15) is 4.31 Å². The lowest BCUT2D eigenvalue weighted by molar-refractivity contribution is 0.0533. The van der Waals surface area contributed by atoms with Crippen molar-refractivity contribution in [1.29, 1.82) is 0 Å². The van der Waals surface area contributed by atoms with Gasteiger partial charge in [-0.3, -0.25) is 4.90 Å². The number of sulfonamides is 1. The zero-order valence-corrected chi connectivity index (χ0v) is 12.8. The first-order chi connectivity index (χ1) is 8.91. The summed E-state index contributed by atoms with van der Waals surface area (Å²) in [5, 5.41) is 10.2. The number of piperidine rings is 1. The minimum atomic E-state index is -3.21. The van der Waals surface area contributed by atoms with E-state index in [2.05, 4.69) is 4.90 Å². The van der Waals surface area contributed by atoms with E-state index in [0.717, 1.165) is 0 Å². The Morgan fingerprint density at radius 1 is 1.26 bits per heavy atom. The van der Waals surface area contributed by atoms with Gasteiger partial charge in [-0.15, -0.1) is 0 Å². The van der Waals surface area contributed by atoms with Crippen LogP contribution in [0.5, 0.6) is 0 Å². The van der Waals surface area contributed by atoms with Gasteiger partial charge in [-0.1, -0.05) is 13.3 Å². The van der Waals surface area contributed by atoms with Gasteiger partial charge in [0, 0.05) is 31.7 Å². The standard InChI is InChI=1S/C13H26N2O3S/c1-3-14(19(2,17)18)9-13(16)10-15-11-5-4-6-12(15)8-7-11/h11-13,16H,3-10H2,1-2H3/t11-,12+,13?. The lowest BCUT2D eigenvalue weighted by Gasteiger charge is -2.36. The molecule has 2 rings (SSSR count). The van der Waals surface area contributed by atoms with Crippen molar-refractivity contribution < 1.29 is 13.5 Å². The SMILES string of the molecule is CCN(CC(O)CN1[C@@H]2CCC[C@H]1CC2)S(C)(=O)=O. The smallest absolute Gasteiger partial charge is 0.211 e. The summed E-state index contributed by atoms with van der Waals surface area (Å²) in [7, 11) is -3.21. The summed E-state index contributed by atoms with van der Waals surface area (Å²) >= 11 is 0.